The molecule has 0 saturated heterocycles. The van der Waals surface area contributed by atoms with Crippen LogP contribution in [-0.2, 0) is 30.5 Å². The fraction of sp³-hybridized carbons (Fsp3) is 0.154. The maximum Gasteiger partial charge on any atom is 0.274 e. The van der Waals surface area contributed by atoms with Crippen LogP contribution >= 0.6 is 0 Å². The lowest BCUT2D eigenvalue weighted by molar-refractivity contribution is 0.582. The number of aromatic nitrogens is 4. The van der Waals surface area contributed by atoms with Gasteiger partial charge in [0.1, 0.15) is 17.2 Å². The van der Waals surface area contributed by atoms with Gasteiger partial charge in [0.05, 0.1) is 29.0 Å². The number of hydrogen-bond acceptors (Lipinski definition) is 5. The molecule has 8 nitrogen and oxygen atoms in total. The molecule has 37 heavy (non-hydrogen) atoms. The molecule has 0 unspecified atom stereocenters. The summed E-state index contributed by atoms with van der Waals surface area (Å²) >= 11 is 0. The molecule has 0 fully saturated rings. The highest BCUT2D eigenvalue weighted by molar-refractivity contribution is 7.90. The summed E-state index contributed by atoms with van der Waals surface area (Å²) in [6.07, 6.45) is 6.23. The summed E-state index contributed by atoms with van der Waals surface area (Å²) in [6, 6.07) is 7.94. The third-order valence-corrected chi connectivity index (χ3v) is 7.83. The lowest BCUT2D eigenvalue weighted by Gasteiger charge is -2.26. The molecule has 0 radical (unpaired) electrons. The van der Waals surface area contributed by atoms with Gasteiger partial charge in [-0.3, -0.25) is 9.48 Å². The predicted octanol–water partition coefficient (Wildman–Crippen LogP) is 4.27. The van der Waals surface area contributed by atoms with Crippen LogP contribution in [0.25, 0.3) is 33.3 Å². The number of halogens is 2. The minimum atomic E-state index is -3.57. The van der Waals surface area contributed by atoms with Crippen molar-refractivity contribution in [3.05, 3.63) is 82.5 Å². The van der Waals surface area contributed by atoms with E-state index in [4.69, 9.17) is 0 Å². The second-order valence-corrected chi connectivity index (χ2v) is 11.2. The van der Waals surface area contributed by atoms with Crippen LogP contribution in [0.2, 0.25) is 0 Å². The summed E-state index contributed by atoms with van der Waals surface area (Å²) < 4.78 is 57.0. The maximum atomic E-state index is 15.2. The third-order valence-electron chi connectivity index (χ3n) is 6.72. The van der Waals surface area contributed by atoms with Crippen molar-refractivity contribution in [1.82, 2.24) is 19.3 Å². The van der Waals surface area contributed by atoms with E-state index in [1.54, 1.807) is 48.3 Å². The van der Waals surface area contributed by atoms with Gasteiger partial charge >= 0.3 is 0 Å². The number of rotatable bonds is 3. The van der Waals surface area contributed by atoms with Gasteiger partial charge in [0.25, 0.3) is 5.56 Å². The number of benzene rings is 2. The van der Waals surface area contributed by atoms with Gasteiger partial charge in [-0.1, -0.05) is 0 Å². The highest BCUT2D eigenvalue weighted by Crippen LogP contribution is 2.47. The summed E-state index contributed by atoms with van der Waals surface area (Å²) in [5.41, 5.74) is 3.89. The van der Waals surface area contributed by atoms with Gasteiger partial charge in [0.2, 0.25) is 0 Å². The molecule has 6 rings (SSSR count). The van der Waals surface area contributed by atoms with E-state index in [1.165, 1.54) is 28.8 Å². The standard InChI is InChI=1S/C26H21F2N5O3S/c1-31-12-18-17-9-16(37(3,35)36)5-7-21(17)33(22-6-4-15(27)8-20(22)28)13-19-23(18)25(26(31)34)30-24(19)14-10-29-32(2)11-14/h4-12,30H,13H2,1-3H3. The Labute approximate surface area is 210 Å². The van der Waals surface area contributed by atoms with Crippen molar-refractivity contribution in [1.29, 1.82) is 0 Å². The van der Waals surface area contributed by atoms with Gasteiger partial charge in [-0.05, 0) is 30.3 Å². The summed E-state index contributed by atoms with van der Waals surface area (Å²) in [5, 5.41) is 4.86. The average Bonchev–Trinajstić information content (AvgIpc) is 3.39. The van der Waals surface area contributed by atoms with E-state index in [-0.39, 0.29) is 22.7 Å². The zero-order valence-corrected chi connectivity index (χ0v) is 20.9. The molecule has 3 aromatic heterocycles. The first-order valence-corrected chi connectivity index (χ1v) is 13.2. The molecular weight excluding hydrogens is 500 g/mol. The minimum absolute atomic E-state index is 0.0826. The molecule has 0 bridgehead atoms. The first-order valence-electron chi connectivity index (χ1n) is 11.3. The summed E-state index contributed by atoms with van der Waals surface area (Å²) in [5.74, 6) is -1.48. The van der Waals surface area contributed by atoms with E-state index in [2.05, 4.69) is 10.1 Å². The van der Waals surface area contributed by atoms with Crippen LogP contribution in [0.3, 0.4) is 0 Å². The molecule has 0 saturated carbocycles. The van der Waals surface area contributed by atoms with Crippen molar-refractivity contribution in [3.63, 3.8) is 0 Å². The first-order chi connectivity index (χ1) is 17.5. The smallest absolute Gasteiger partial charge is 0.274 e. The number of hydrogen-bond donors (Lipinski definition) is 1. The Morgan fingerprint density at radius 3 is 2.43 bits per heavy atom. The number of anilines is 2. The highest BCUT2D eigenvalue weighted by atomic mass is 32.2. The molecule has 11 heteroatoms. The van der Waals surface area contributed by atoms with Gasteiger partial charge in [0.15, 0.2) is 9.84 Å². The lowest BCUT2D eigenvalue weighted by atomic mass is 10.00. The molecule has 1 aliphatic heterocycles. The predicted molar refractivity (Wildman–Crippen MR) is 136 cm³/mol. The Morgan fingerprint density at radius 2 is 1.76 bits per heavy atom. The van der Waals surface area contributed by atoms with Crippen molar-refractivity contribution >= 4 is 32.1 Å². The highest BCUT2D eigenvalue weighted by Gasteiger charge is 2.30. The van der Waals surface area contributed by atoms with Gasteiger partial charge in [-0.25, -0.2) is 17.2 Å². The van der Waals surface area contributed by atoms with E-state index in [9.17, 15) is 17.6 Å². The largest absolute Gasteiger partial charge is 0.350 e. The van der Waals surface area contributed by atoms with Crippen LogP contribution in [0.1, 0.15) is 5.56 Å². The van der Waals surface area contributed by atoms with E-state index in [1.807, 2.05) is 0 Å². The van der Waals surface area contributed by atoms with Crippen molar-refractivity contribution in [2.45, 2.75) is 11.4 Å². The summed E-state index contributed by atoms with van der Waals surface area (Å²) in [4.78, 5) is 18.2. The number of H-pyrrole nitrogens is 1. The van der Waals surface area contributed by atoms with Crippen molar-refractivity contribution in [2.24, 2.45) is 14.1 Å². The number of nitrogens with zero attached hydrogens (tertiary/aromatic N) is 4. The lowest BCUT2D eigenvalue weighted by Crippen LogP contribution is -2.18. The second kappa shape index (κ2) is 7.87. The minimum Gasteiger partial charge on any atom is -0.350 e. The fourth-order valence-corrected chi connectivity index (χ4v) is 5.65. The Morgan fingerprint density at radius 1 is 1.00 bits per heavy atom. The second-order valence-electron chi connectivity index (χ2n) is 9.22. The molecule has 1 aliphatic rings. The van der Waals surface area contributed by atoms with Crippen molar-refractivity contribution in [3.8, 4) is 22.4 Å². The number of fused-ring (bicyclic) bond motifs is 2. The van der Waals surface area contributed by atoms with Crippen molar-refractivity contribution < 1.29 is 17.2 Å². The normalized spacial score (nSPS) is 13.2. The van der Waals surface area contributed by atoms with Crippen LogP contribution in [0, 0.1) is 11.6 Å². The summed E-state index contributed by atoms with van der Waals surface area (Å²) in [6.45, 7) is 0.123. The monoisotopic (exact) mass is 521 g/mol. The van der Waals surface area contributed by atoms with Crippen LogP contribution in [0.4, 0.5) is 20.2 Å². The maximum absolute atomic E-state index is 15.2. The Hall–Kier alpha value is -4.25. The average molecular weight is 522 g/mol. The number of nitrogens with one attached hydrogen (secondary N) is 1. The fourth-order valence-electron chi connectivity index (χ4n) is 5.00. The summed E-state index contributed by atoms with van der Waals surface area (Å²) in [7, 11) is -0.182. The van der Waals surface area contributed by atoms with Crippen molar-refractivity contribution in [2.75, 3.05) is 11.2 Å². The third kappa shape index (κ3) is 3.57. The number of aromatic amines is 1. The van der Waals surface area contributed by atoms with Gasteiger partial charge < -0.3 is 14.5 Å². The number of pyridine rings is 1. The van der Waals surface area contributed by atoms with Crippen LogP contribution in [0.5, 0.6) is 0 Å². The Kier molecular flexibility index (Phi) is 4.93. The van der Waals surface area contributed by atoms with Crippen LogP contribution in [-0.4, -0.2) is 34.0 Å². The van der Waals surface area contributed by atoms with Gasteiger partial charge in [-0.2, -0.15) is 5.10 Å². The zero-order chi connectivity index (χ0) is 26.2. The van der Waals surface area contributed by atoms with E-state index >= 15 is 4.39 Å². The number of aryl methyl sites for hydroxylation is 2. The van der Waals surface area contributed by atoms with E-state index < -0.39 is 21.5 Å². The molecule has 0 amide bonds. The van der Waals surface area contributed by atoms with Crippen LogP contribution in [0.15, 0.2) is 64.7 Å². The van der Waals surface area contributed by atoms with Gasteiger partial charge in [-0.15, -0.1) is 0 Å². The SMILES string of the molecule is Cn1cc(-c2[nH]c3c(=O)n(C)cc4c3c2CN(c2ccc(F)cc2F)c2ccc(S(C)(=O)=O)cc2-4)cn1. The molecule has 1 N–H and O–H groups in total. The molecule has 0 atom stereocenters. The molecular formula is C26H21F2N5O3S. The van der Waals surface area contributed by atoms with E-state index in [0.29, 0.717) is 39.0 Å². The number of sulfone groups is 1. The molecule has 188 valence electrons. The molecule has 4 heterocycles. The van der Waals surface area contributed by atoms with Crippen LogP contribution < -0.4 is 10.5 Å². The zero-order valence-electron chi connectivity index (χ0n) is 20.1. The molecule has 0 spiro atoms. The Bertz CT molecular complexity index is 1920. The Balaban J connectivity index is 1.76. The van der Waals surface area contributed by atoms with Gasteiger partial charge in [0, 0.05) is 72.1 Å². The van der Waals surface area contributed by atoms with E-state index in [0.717, 1.165) is 17.9 Å². The quantitative estimate of drug-likeness (QED) is 0.383. The molecule has 0 aliphatic carbocycles. The molecule has 5 aromatic rings. The molecule has 2 aromatic carbocycles. The first kappa shape index (κ1) is 23.2. The topological polar surface area (TPSA) is 93.0 Å².